The monoisotopic (exact) mass is 399 g/mol. The van der Waals surface area contributed by atoms with Crippen LogP contribution in [-0.2, 0) is 4.79 Å². The van der Waals surface area contributed by atoms with E-state index in [1.54, 1.807) is 36.8 Å². The van der Waals surface area contributed by atoms with Crippen LogP contribution in [0.2, 0.25) is 0 Å². The Morgan fingerprint density at radius 1 is 1.29 bits per heavy atom. The number of nitrogens with zero attached hydrogens (tertiary/aromatic N) is 4. The van der Waals surface area contributed by atoms with Gasteiger partial charge in [0.1, 0.15) is 0 Å². The van der Waals surface area contributed by atoms with Crippen molar-refractivity contribution in [1.82, 2.24) is 19.9 Å². The van der Waals surface area contributed by atoms with Crippen LogP contribution in [0.4, 0.5) is 0 Å². The number of hydrogen-bond acceptors (Lipinski definition) is 8. The molecular formula is C18H17N5O4S. The molecule has 0 saturated heterocycles. The first-order valence-corrected chi connectivity index (χ1v) is 8.51. The van der Waals surface area contributed by atoms with Crippen LogP contribution in [0.3, 0.4) is 0 Å². The summed E-state index contributed by atoms with van der Waals surface area (Å²) in [6.07, 6.45) is 4.90. The summed E-state index contributed by atoms with van der Waals surface area (Å²) in [5.74, 6) is 0.901. The fraction of sp³-hybridized carbons (Fsp3) is 0.167. The minimum Gasteiger partial charge on any atom is -0.493 e. The summed E-state index contributed by atoms with van der Waals surface area (Å²) in [6.45, 7) is 1.30. The maximum absolute atomic E-state index is 11.3. The summed E-state index contributed by atoms with van der Waals surface area (Å²) in [6, 6.07) is 6.98. The fourth-order valence-electron chi connectivity index (χ4n) is 2.42. The van der Waals surface area contributed by atoms with Crippen molar-refractivity contribution >= 4 is 24.4 Å². The maximum Gasteiger partial charge on any atom is 0.308 e. The van der Waals surface area contributed by atoms with Crippen molar-refractivity contribution in [2.45, 2.75) is 6.92 Å². The third-order valence-electron chi connectivity index (χ3n) is 3.62. The van der Waals surface area contributed by atoms with Crippen LogP contribution in [0.15, 0.2) is 41.8 Å². The standard InChI is InChI=1S/C18H17N5O4S/c1-11(24)27-16-14(25-2)7-12(8-15(16)26-3)9-20-23-17(21-22-18(23)28)13-5-4-6-19-10-13/h4-10H,1-3H3,(H,22,28)/b20-9+. The Balaban J connectivity index is 2.01. The molecule has 0 aliphatic carbocycles. The molecule has 3 rings (SSSR count). The Morgan fingerprint density at radius 3 is 2.57 bits per heavy atom. The van der Waals surface area contributed by atoms with Crippen LogP contribution in [0.5, 0.6) is 17.2 Å². The van der Waals surface area contributed by atoms with Gasteiger partial charge in [-0.1, -0.05) is 0 Å². The first-order valence-electron chi connectivity index (χ1n) is 8.10. The Hall–Kier alpha value is -3.53. The zero-order valence-corrected chi connectivity index (χ0v) is 16.2. The lowest BCUT2D eigenvalue weighted by Crippen LogP contribution is -2.05. The molecule has 3 aromatic rings. The molecular weight excluding hydrogens is 382 g/mol. The molecule has 0 radical (unpaired) electrons. The van der Waals surface area contributed by atoms with E-state index in [0.717, 1.165) is 5.56 Å². The van der Waals surface area contributed by atoms with Gasteiger partial charge in [0, 0.05) is 30.4 Å². The lowest BCUT2D eigenvalue weighted by Gasteiger charge is -2.13. The number of rotatable bonds is 6. The predicted molar refractivity (Wildman–Crippen MR) is 104 cm³/mol. The number of nitrogens with one attached hydrogen (secondary N) is 1. The SMILES string of the molecule is COc1cc(/C=N/n2c(-c3cccnc3)n[nH]c2=S)cc(OC)c1OC(C)=O. The highest BCUT2D eigenvalue weighted by Gasteiger charge is 2.16. The van der Waals surface area contributed by atoms with Crippen molar-refractivity contribution in [1.29, 1.82) is 0 Å². The Morgan fingerprint density at radius 2 is 2.00 bits per heavy atom. The van der Waals surface area contributed by atoms with Gasteiger partial charge in [-0.05, 0) is 36.5 Å². The van der Waals surface area contributed by atoms with Crippen molar-refractivity contribution in [3.63, 3.8) is 0 Å². The number of hydrogen-bond donors (Lipinski definition) is 1. The Labute approximate surface area is 165 Å². The van der Waals surface area contributed by atoms with Crippen molar-refractivity contribution in [3.8, 4) is 28.6 Å². The summed E-state index contributed by atoms with van der Waals surface area (Å²) < 4.78 is 17.6. The summed E-state index contributed by atoms with van der Waals surface area (Å²) in [4.78, 5) is 15.4. The van der Waals surface area contributed by atoms with Crippen LogP contribution in [0.25, 0.3) is 11.4 Å². The van der Waals surface area contributed by atoms with E-state index < -0.39 is 5.97 Å². The van der Waals surface area contributed by atoms with E-state index in [-0.39, 0.29) is 5.75 Å². The highest BCUT2D eigenvalue weighted by Crippen LogP contribution is 2.38. The summed E-state index contributed by atoms with van der Waals surface area (Å²) in [5, 5.41) is 11.3. The molecule has 0 unspecified atom stereocenters. The number of aromatic nitrogens is 4. The van der Waals surface area contributed by atoms with Gasteiger partial charge in [-0.2, -0.15) is 14.9 Å². The average Bonchev–Trinajstić information content (AvgIpc) is 3.07. The van der Waals surface area contributed by atoms with E-state index in [2.05, 4.69) is 20.3 Å². The van der Waals surface area contributed by atoms with E-state index >= 15 is 0 Å². The van der Waals surface area contributed by atoms with Crippen molar-refractivity contribution in [2.75, 3.05) is 14.2 Å². The lowest BCUT2D eigenvalue weighted by molar-refractivity contribution is -0.132. The number of benzene rings is 1. The number of ether oxygens (including phenoxy) is 3. The molecule has 1 N–H and O–H groups in total. The number of aromatic amines is 1. The van der Waals surface area contributed by atoms with Gasteiger partial charge in [-0.15, -0.1) is 0 Å². The average molecular weight is 399 g/mol. The normalized spacial score (nSPS) is 10.8. The Kier molecular flexibility index (Phi) is 5.80. The van der Waals surface area contributed by atoms with Crippen LogP contribution in [-0.4, -0.2) is 46.3 Å². The summed E-state index contributed by atoms with van der Waals surface area (Å²) >= 11 is 5.26. The molecule has 10 heteroatoms. The first-order chi connectivity index (χ1) is 13.5. The number of carbonyl (C=O) groups is 1. The number of H-pyrrole nitrogens is 1. The third kappa shape index (κ3) is 4.07. The molecule has 0 fully saturated rings. The Bertz CT molecular complexity index is 1050. The van der Waals surface area contributed by atoms with Gasteiger partial charge in [-0.25, -0.2) is 5.10 Å². The van der Waals surface area contributed by atoms with Gasteiger partial charge >= 0.3 is 5.97 Å². The van der Waals surface area contributed by atoms with Gasteiger partial charge in [0.15, 0.2) is 17.3 Å². The van der Waals surface area contributed by atoms with Crippen molar-refractivity contribution in [3.05, 3.63) is 47.0 Å². The van der Waals surface area contributed by atoms with E-state index in [1.807, 2.05) is 6.07 Å². The topological polar surface area (TPSA) is 104 Å². The molecule has 1 aromatic carbocycles. The molecule has 0 amide bonds. The zero-order chi connectivity index (χ0) is 20.1. The molecule has 0 bridgehead atoms. The first kappa shape index (κ1) is 19.2. The molecule has 2 aromatic heterocycles. The second-order valence-electron chi connectivity index (χ2n) is 5.50. The van der Waals surface area contributed by atoms with E-state index in [9.17, 15) is 4.79 Å². The minimum atomic E-state index is -0.483. The number of carbonyl (C=O) groups excluding carboxylic acids is 1. The molecule has 28 heavy (non-hydrogen) atoms. The molecule has 0 spiro atoms. The zero-order valence-electron chi connectivity index (χ0n) is 15.4. The molecule has 9 nitrogen and oxygen atoms in total. The van der Waals surface area contributed by atoms with E-state index in [0.29, 0.717) is 27.7 Å². The molecule has 0 saturated carbocycles. The second kappa shape index (κ2) is 8.44. The number of pyridine rings is 1. The predicted octanol–water partition coefficient (Wildman–Crippen LogP) is 2.83. The van der Waals surface area contributed by atoms with Crippen LogP contribution in [0.1, 0.15) is 12.5 Å². The molecule has 0 aliphatic rings. The van der Waals surface area contributed by atoms with Crippen LogP contribution in [0, 0.1) is 4.77 Å². The molecule has 2 heterocycles. The lowest BCUT2D eigenvalue weighted by atomic mass is 10.2. The van der Waals surface area contributed by atoms with Gasteiger partial charge in [0.25, 0.3) is 0 Å². The van der Waals surface area contributed by atoms with Gasteiger partial charge in [0.05, 0.1) is 20.4 Å². The maximum atomic E-state index is 11.3. The smallest absolute Gasteiger partial charge is 0.308 e. The highest BCUT2D eigenvalue weighted by atomic mass is 32.1. The second-order valence-corrected chi connectivity index (χ2v) is 5.89. The van der Waals surface area contributed by atoms with E-state index in [1.165, 1.54) is 25.8 Å². The summed E-state index contributed by atoms with van der Waals surface area (Å²) in [7, 11) is 2.94. The third-order valence-corrected chi connectivity index (χ3v) is 3.89. The number of esters is 1. The van der Waals surface area contributed by atoms with Gasteiger partial charge < -0.3 is 14.2 Å². The molecule has 0 aliphatic heterocycles. The molecule has 0 atom stereocenters. The van der Waals surface area contributed by atoms with Gasteiger partial charge in [-0.3, -0.25) is 9.78 Å². The van der Waals surface area contributed by atoms with Crippen LogP contribution < -0.4 is 14.2 Å². The largest absolute Gasteiger partial charge is 0.493 e. The van der Waals surface area contributed by atoms with Crippen LogP contribution >= 0.6 is 12.2 Å². The van der Waals surface area contributed by atoms with Crippen molar-refractivity contribution in [2.24, 2.45) is 5.10 Å². The highest BCUT2D eigenvalue weighted by molar-refractivity contribution is 7.71. The fourth-order valence-corrected chi connectivity index (χ4v) is 2.60. The minimum absolute atomic E-state index is 0.200. The number of methoxy groups -OCH3 is 2. The quantitative estimate of drug-likeness (QED) is 0.294. The van der Waals surface area contributed by atoms with Gasteiger partial charge in [0.2, 0.25) is 10.5 Å². The summed E-state index contributed by atoms with van der Waals surface area (Å²) in [5.41, 5.74) is 1.40. The molecule has 144 valence electrons. The van der Waals surface area contributed by atoms with Crippen molar-refractivity contribution < 1.29 is 19.0 Å². The van der Waals surface area contributed by atoms with E-state index in [4.69, 9.17) is 26.4 Å².